The molecule has 0 aromatic heterocycles. The summed E-state index contributed by atoms with van der Waals surface area (Å²) < 4.78 is 10.8. The number of fused-ring (bicyclic) bond motifs is 5. The van der Waals surface area contributed by atoms with Crippen molar-refractivity contribution in [3.8, 4) is 11.1 Å². The van der Waals surface area contributed by atoms with E-state index >= 15 is 0 Å². The zero-order valence-corrected chi connectivity index (χ0v) is 19.6. The van der Waals surface area contributed by atoms with E-state index in [1.807, 2.05) is 36.4 Å². The van der Waals surface area contributed by atoms with Gasteiger partial charge in [0.05, 0.1) is 12.5 Å². The fourth-order valence-corrected chi connectivity index (χ4v) is 6.22. The number of hydrogen-bond acceptors (Lipinski definition) is 5. The molecule has 2 aromatic rings. The summed E-state index contributed by atoms with van der Waals surface area (Å²) in [6.07, 6.45) is 1.08. The lowest BCUT2D eigenvalue weighted by Gasteiger charge is -2.30. The molecule has 3 aliphatic rings. The highest BCUT2D eigenvalue weighted by molar-refractivity contribution is 5.83. The Morgan fingerprint density at radius 1 is 1.00 bits per heavy atom. The maximum atomic E-state index is 12.8. The number of carboxylic acids is 1. The average molecular weight is 479 g/mol. The number of nitrogens with one attached hydrogen (secondary N) is 2. The SMILES string of the molecule is COC(CNC(=O)OCC1c2ccccc2-c2ccccc21)C(=O)NC1C2CCC(C2)C1C(=O)O. The molecule has 3 aliphatic carbocycles. The number of methoxy groups -OCH3 is 1. The lowest BCUT2D eigenvalue weighted by Crippen LogP contribution is -2.52. The van der Waals surface area contributed by atoms with Crippen molar-refractivity contribution in [3.05, 3.63) is 59.7 Å². The van der Waals surface area contributed by atoms with Crippen molar-refractivity contribution >= 4 is 18.0 Å². The Bertz CT molecular complexity index is 1090. The molecule has 0 heterocycles. The van der Waals surface area contributed by atoms with E-state index in [-0.39, 0.29) is 30.9 Å². The first-order valence-corrected chi connectivity index (χ1v) is 12.1. The van der Waals surface area contributed by atoms with E-state index in [4.69, 9.17) is 9.47 Å². The normalized spacial score (nSPS) is 24.9. The van der Waals surface area contributed by atoms with Gasteiger partial charge in [0.1, 0.15) is 6.61 Å². The van der Waals surface area contributed by atoms with Gasteiger partial charge in [-0.2, -0.15) is 0 Å². The third-order valence-corrected chi connectivity index (χ3v) is 7.86. The molecule has 2 bridgehead atoms. The van der Waals surface area contributed by atoms with Crippen molar-refractivity contribution < 1.29 is 29.0 Å². The third kappa shape index (κ3) is 4.38. The van der Waals surface area contributed by atoms with Gasteiger partial charge in [0.2, 0.25) is 0 Å². The second-order valence-corrected chi connectivity index (χ2v) is 9.66. The monoisotopic (exact) mass is 478 g/mol. The first-order chi connectivity index (χ1) is 17.0. The van der Waals surface area contributed by atoms with Crippen LogP contribution in [0.1, 0.15) is 36.3 Å². The van der Waals surface area contributed by atoms with Crippen LogP contribution in [0.5, 0.6) is 0 Å². The van der Waals surface area contributed by atoms with Crippen molar-refractivity contribution in [2.24, 2.45) is 17.8 Å². The fraction of sp³-hybridized carbons (Fsp3) is 0.444. The second kappa shape index (κ2) is 9.70. The molecule has 2 aromatic carbocycles. The molecule has 5 unspecified atom stereocenters. The maximum absolute atomic E-state index is 12.8. The van der Waals surface area contributed by atoms with Gasteiger partial charge in [-0.15, -0.1) is 0 Å². The van der Waals surface area contributed by atoms with Crippen LogP contribution in [-0.2, 0) is 19.1 Å². The van der Waals surface area contributed by atoms with Gasteiger partial charge in [-0.25, -0.2) is 4.79 Å². The quantitative estimate of drug-likeness (QED) is 0.537. The Balaban J connectivity index is 1.15. The van der Waals surface area contributed by atoms with Crippen LogP contribution in [0.25, 0.3) is 11.1 Å². The Morgan fingerprint density at radius 3 is 2.26 bits per heavy atom. The van der Waals surface area contributed by atoms with Crippen molar-refractivity contribution in [3.63, 3.8) is 0 Å². The number of alkyl carbamates (subject to hydrolysis) is 1. The molecule has 2 amide bonds. The highest BCUT2D eigenvalue weighted by Gasteiger charge is 2.51. The minimum absolute atomic E-state index is 0.0552. The summed E-state index contributed by atoms with van der Waals surface area (Å²) in [5, 5.41) is 15.1. The predicted molar refractivity (Wildman–Crippen MR) is 128 cm³/mol. The van der Waals surface area contributed by atoms with Crippen molar-refractivity contribution in [2.75, 3.05) is 20.3 Å². The smallest absolute Gasteiger partial charge is 0.407 e. The van der Waals surface area contributed by atoms with Crippen LogP contribution in [0.3, 0.4) is 0 Å². The summed E-state index contributed by atoms with van der Waals surface area (Å²) in [4.78, 5) is 37.0. The van der Waals surface area contributed by atoms with Crippen LogP contribution in [0, 0.1) is 17.8 Å². The number of aliphatic carboxylic acids is 1. The number of carbonyl (C=O) groups is 3. The number of benzene rings is 2. The van der Waals surface area contributed by atoms with Gasteiger partial charge in [-0.1, -0.05) is 48.5 Å². The van der Waals surface area contributed by atoms with Gasteiger partial charge in [-0.3, -0.25) is 9.59 Å². The van der Waals surface area contributed by atoms with Crippen LogP contribution < -0.4 is 10.6 Å². The summed E-state index contributed by atoms with van der Waals surface area (Å²) in [5.41, 5.74) is 4.53. The molecule has 35 heavy (non-hydrogen) atoms. The highest BCUT2D eigenvalue weighted by Crippen LogP contribution is 2.48. The van der Waals surface area contributed by atoms with E-state index in [2.05, 4.69) is 22.8 Å². The molecule has 5 atom stereocenters. The lowest BCUT2D eigenvalue weighted by molar-refractivity contribution is -0.145. The zero-order valence-electron chi connectivity index (χ0n) is 19.6. The minimum atomic E-state index is -0.941. The molecule has 8 heteroatoms. The summed E-state index contributed by atoms with van der Waals surface area (Å²) >= 11 is 0. The number of rotatable bonds is 8. The molecule has 0 radical (unpaired) electrons. The molecule has 5 rings (SSSR count). The molecular formula is C27H30N2O6. The number of carbonyl (C=O) groups excluding carboxylic acids is 2. The van der Waals surface area contributed by atoms with E-state index < -0.39 is 36.0 Å². The predicted octanol–water partition coefficient (Wildman–Crippen LogP) is 3.16. The second-order valence-electron chi connectivity index (χ2n) is 9.66. The molecule has 0 saturated heterocycles. The standard InChI is InChI=1S/C27H30N2O6/c1-34-22(25(30)29-24-16-11-10-15(12-16)23(24)26(31)32)13-28-27(33)35-14-21-19-8-4-2-6-17(19)18-7-3-5-9-20(18)21/h2-9,15-16,21-24H,10-14H2,1H3,(H,28,33)(H,29,30)(H,31,32). The van der Waals surface area contributed by atoms with Crippen molar-refractivity contribution in [1.82, 2.24) is 10.6 Å². The maximum Gasteiger partial charge on any atom is 0.407 e. The summed E-state index contributed by atoms with van der Waals surface area (Å²) in [5.74, 6) is -1.62. The molecule has 2 fully saturated rings. The van der Waals surface area contributed by atoms with Crippen molar-refractivity contribution in [2.45, 2.75) is 37.3 Å². The minimum Gasteiger partial charge on any atom is -0.481 e. The highest BCUT2D eigenvalue weighted by atomic mass is 16.5. The van der Waals surface area contributed by atoms with E-state index in [1.165, 1.54) is 7.11 Å². The van der Waals surface area contributed by atoms with Gasteiger partial charge in [0.25, 0.3) is 5.91 Å². The zero-order chi connectivity index (χ0) is 24.5. The van der Waals surface area contributed by atoms with E-state index in [0.717, 1.165) is 41.5 Å². The summed E-state index contributed by atoms with van der Waals surface area (Å²) in [6.45, 7) is 0.104. The Kier molecular flexibility index (Phi) is 6.47. The van der Waals surface area contributed by atoms with Gasteiger partial charge >= 0.3 is 12.1 Å². The molecular weight excluding hydrogens is 448 g/mol. The van der Waals surface area contributed by atoms with Gasteiger partial charge in [-0.05, 0) is 53.4 Å². The Labute approximate surface area is 204 Å². The third-order valence-electron chi connectivity index (χ3n) is 7.86. The topological polar surface area (TPSA) is 114 Å². The van der Waals surface area contributed by atoms with Crippen LogP contribution >= 0.6 is 0 Å². The summed E-state index contributed by atoms with van der Waals surface area (Å²) in [6, 6.07) is 15.8. The van der Waals surface area contributed by atoms with Gasteiger partial charge < -0.3 is 25.2 Å². The van der Waals surface area contributed by atoms with Crippen LogP contribution in [0.4, 0.5) is 4.79 Å². The molecule has 3 N–H and O–H groups in total. The molecule has 0 spiro atoms. The van der Waals surface area contributed by atoms with Crippen molar-refractivity contribution in [1.29, 1.82) is 0 Å². The van der Waals surface area contributed by atoms with E-state index in [9.17, 15) is 19.5 Å². The first-order valence-electron chi connectivity index (χ1n) is 12.1. The molecule has 8 nitrogen and oxygen atoms in total. The number of carboxylic acid groups (broad SMARTS) is 1. The molecule has 2 saturated carbocycles. The number of hydrogen-bond donors (Lipinski definition) is 3. The van der Waals surface area contributed by atoms with Crippen LogP contribution in [0.15, 0.2) is 48.5 Å². The molecule has 184 valence electrons. The number of amides is 2. The van der Waals surface area contributed by atoms with Gasteiger partial charge in [0, 0.05) is 19.1 Å². The van der Waals surface area contributed by atoms with E-state index in [0.29, 0.717) is 0 Å². The Hall–Kier alpha value is -3.39. The average Bonchev–Trinajstić information content (AvgIpc) is 3.55. The summed E-state index contributed by atoms with van der Waals surface area (Å²) in [7, 11) is 1.39. The lowest BCUT2D eigenvalue weighted by atomic mass is 9.84. The fourth-order valence-electron chi connectivity index (χ4n) is 6.22. The van der Waals surface area contributed by atoms with Crippen LogP contribution in [-0.4, -0.2) is 55.5 Å². The Morgan fingerprint density at radius 2 is 1.63 bits per heavy atom. The first kappa shape index (κ1) is 23.4. The largest absolute Gasteiger partial charge is 0.481 e. The van der Waals surface area contributed by atoms with Crippen LogP contribution in [0.2, 0.25) is 0 Å². The van der Waals surface area contributed by atoms with Gasteiger partial charge in [0.15, 0.2) is 6.10 Å². The van der Waals surface area contributed by atoms with E-state index in [1.54, 1.807) is 0 Å². The number of ether oxygens (including phenoxy) is 2. The molecule has 0 aliphatic heterocycles.